The first-order valence-corrected chi connectivity index (χ1v) is 6.96. The largest absolute Gasteiger partial charge is 0.456 e. The average molecular weight is 284 g/mol. The zero-order valence-electron chi connectivity index (χ0n) is 11.7. The van der Waals surface area contributed by atoms with Gasteiger partial charge in [-0.05, 0) is 12.8 Å². The Hall–Kier alpha value is -1.40. The van der Waals surface area contributed by atoms with Crippen LogP contribution in [0.15, 0.2) is 12.2 Å². The molecule has 0 aromatic heterocycles. The fourth-order valence-corrected chi connectivity index (χ4v) is 1.90. The summed E-state index contributed by atoms with van der Waals surface area (Å²) in [7, 11) is 0. The van der Waals surface area contributed by atoms with E-state index in [2.05, 4.69) is 0 Å². The molecule has 2 fully saturated rings. The van der Waals surface area contributed by atoms with Crippen molar-refractivity contribution in [2.45, 2.75) is 51.1 Å². The predicted octanol–water partition coefficient (Wildman–Crippen LogP) is 0.984. The lowest BCUT2D eigenvalue weighted by atomic mass is 10.2. The van der Waals surface area contributed by atoms with Gasteiger partial charge in [-0.25, -0.2) is 9.59 Å². The molecule has 0 aliphatic carbocycles. The molecule has 0 aromatic rings. The van der Waals surface area contributed by atoms with Crippen molar-refractivity contribution < 1.29 is 28.5 Å². The van der Waals surface area contributed by atoms with Crippen LogP contribution in [-0.2, 0) is 28.5 Å². The lowest BCUT2D eigenvalue weighted by Gasteiger charge is -2.12. The molecule has 4 atom stereocenters. The van der Waals surface area contributed by atoms with Gasteiger partial charge in [0.1, 0.15) is 24.4 Å². The minimum absolute atomic E-state index is 0.000730. The molecule has 2 rings (SSSR count). The fourth-order valence-electron chi connectivity index (χ4n) is 1.90. The molecule has 20 heavy (non-hydrogen) atoms. The molecule has 2 aliphatic rings. The predicted molar refractivity (Wildman–Crippen MR) is 69.0 cm³/mol. The Morgan fingerprint density at radius 2 is 1.35 bits per heavy atom. The van der Waals surface area contributed by atoms with E-state index in [-0.39, 0.29) is 24.4 Å². The van der Waals surface area contributed by atoms with E-state index in [1.165, 1.54) is 0 Å². The van der Waals surface area contributed by atoms with Crippen LogP contribution in [0.3, 0.4) is 0 Å². The number of carbonyl (C=O) groups excluding carboxylic acids is 2. The molecule has 0 N–H and O–H groups in total. The molecule has 0 amide bonds. The molecule has 0 aromatic carbocycles. The molecule has 2 aliphatic heterocycles. The first-order valence-electron chi connectivity index (χ1n) is 6.96. The van der Waals surface area contributed by atoms with Crippen molar-refractivity contribution in [3.05, 3.63) is 12.2 Å². The van der Waals surface area contributed by atoms with Crippen molar-refractivity contribution in [1.82, 2.24) is 0 Å². The molecular formula is C14H20O6. The molecule has 2 heterocycles. The first kappa shape index (κ1) is 15.0. The molecule has 2 saturated heterocycles. The maximum Gasteiger partial charge on any atom is 0.331 e. The molecule has 0 bridgehead atoms. The Morgan fingerprint density at radius 1 is 1.00 bits per heavy atom. The van der Waals surface area contributed by atoms with Gasteiger partial charge in [-0.1, -0.05) is 13.8 Å². The van der Waals surface area contributed by atoms with Crippen LogP contribution in [0.25, 0.3) is 0 Å². The number of hydrogen-bond acceptors (Lipinski definition) is 6. The minimum atomic E-state index is -0.556. The fraction of sp³-hybridized carbons (Fsp3) is 0.714. The van der Waals surface area contributed by atoms with Gasteiger partial charge < -0.3 is 18.9 Å². The minimum Gasteiger partial charge on any atom is -0.456 e. The van der Waals surface area contributed by atoms with E-state index in [0.29, 0.717) is 26.1 Å². The summed E-state index contributed by atoms with van der Waals surface area (Å²) in [5.74, 6) is -1.11. The number of epoxide rings is 2. The number of hydrogen-bond donors (Lipinski definition) is 0. The Kier molecular flexibility index (Phi) is 5.14. The maximum absolute atomic E-state index is 11.6. The molecule has 4 unspecified atom stereocenters. The second kappa shape index (κ2) is 6.85. The molecule has 0 spiro atoms. The lowest BCUT2D eigenvalue weighted by molar-refractivity contribution is -0.147. The normalized spacial score (nSPS) is 26.9. The number of rotatable bonds is 8. The van der Waals surface area contributed by atoms with Crippen LogP contribution in [-0.4, -0.2) is 49.6 Å². The Balaban J connectivity index is 1.72. The van der Waals surface area contributed by atoms with E-state index >= 15 is 0 Å². The summed E-state index contributed by atoms with van der Waals surface area (Å²) in [6.45, 7) is 5.08. The van der Waals surface area contributed by atoms with Crippen molar-refractivity contribution in [2.75, 3.05) is 13.2 Å². The second-order valence-electron chi connectivity index (χ2n) is 4.84. The van der Waals surface area contributed by atoms with Crippen LogP contribution in [0.1, 0.15) is 26.7 Å². The van der Waals surface area contributed by atoms with Crippen LogP contribution >= 0.6 is 0 Å². The van der Waals surface area contributed by atoms with E-state index in [4.69, 9.17) is 18.9 Å². The van der Waals surface area contributed by atoms with Crippen molar-refractivity contribution in [3.63, 3.8) is 0 Å². The van der Waals surface area contributed by atoms with Crippen molar-refractivity contribution in [2.24, 2.45) is 0 Å². The van der Waals surface area contributed by atoms with Crippen LogP contribution in [0.4, 0.5) is 0 Å². The third-order valence-corrected chi connectivity index (χ3v) is 3.24. The molecule has 6 heteroatoms. The summed E-state index contributed by atoms with van der Waals surface area (Å²) in [4.78, 5) is 23.1. The summed E-state index contributed by atoms with van der Waals surface area (Å²) in [5.41, 5.74) is 0. The summed E-state index contributed by atoms with van der Waals surface area (Å²) in [6.07, 6.45) is 3.07. The number of carbonyl (C=O) groups is 2. The maximum atomic E-state index is 11.6. The van der Waals surface area contributed by atoms with Crippen LogP contribution in [0, 0.1) is 0 Å². The smallest absolute Gasteiger partial charge is 0.331 e. The van der Waals surface area contributed by atoms with E-state index in [0.717, 1.165) is 12.2 Å². The highest BCUT2D eigenvalue weighted by Gasteiger charge is 2.35. The third-order valence-electron chi connectivity index (χ3n) is 3.24. The summed E-state index contributed by atoms with van der Waals surface area (Å²) >= 11 is 0. The zero-order chi connectivity index (χ0) is 14.5. The zero-order valence-corrected chi connectivity index (χ0v) is 11.7. The third kappa shape index (κ3) is 4.61. The topological polar surface area (TPSA) is 77.7 Å². The van der Waals surface area contributed by atoms with Gasteiger partial charge in [-0.2, -0.15) is 0 Å². The summed E-state index contributed by atoms with van der Waals surface area (Å²) in [6, 6.07) is 0. The number of esters is 2. The standard InChI is InChI=1S/C14H20O6/c1-3-9(11-7-17-11)19-13(15)5-6-14(16)20-10(4-2)12-8-18-12/h5-6,9-12H,3-4,7-8H2,1-2H3/b6-5-. The van der Waals surface area contributed by atoms with Gasteiger partial charge in [0.15, 0.2) is 0 Å². The molecule has 6 nitrogen and oxygen atoms in total. The highest BCUT2D eigenvalue weighted by atomic mass is 16.6. The molecular weight excluding hydrogens is 264 g/mol. The molecule has 0 radical (unpaired) electrons. The van der Waals surface area contributed by atoms with Crippen molar-refractivity contribution >= 4 is 11.9 Å². The van der Waals surface area contributed by atoms with Crippen LogP contribution in [0.5, 0.6) is 0 Å². The van der Waals surface area contributed by atoms with Crippen LogP contribution < -0.4 is 0 Å². The van der Waals surface area contributed by atoms with Crippen molar-refractivity contribution in [3.8, 4) is 0 Å². The van der Waals surface area contributed by atoms with Gasteiger partial charge in [0.05, 0.1) is 13.2 Å². The van der Waals surface area contributed by atoms with Gasteiger partial charge in [0.2, 0.25) is 0 Å². The van der Waals surface area contributed by atoms with Crippen LogP contribution in [0.2, 0.25) is 0 Å². The summed E-state index contributed by atoms with van der Waals surface area (Å²) < 4.78 is 20.5. The highest BCUT2D eigenvalue weighted by Crippen LogP contribution is 2.20. The van der Waals surface area contributed by atoms with Gasteiger partial charge in [0.25, 0.3) is 0 Å². The molecule has 0 saturated carbocycles. The Bertz CT molecular complexity index is 347. The lowest BCUT2D eigenvalue weighted by Crippen LogP contribution is -2.23. The van der Waals surface area contributed by atoms with E-state index in [9.17, 15) is 9.59 Å². The van der Waals surface area contributed by atoms with E-state index in [1.807, 2.05) is 13.8 Å². The Labute approximate surface area is 118 Å². The number of ether oxygens (including phenoxy) is 4. The van der Waals surface area contributed by atoms with Gasteiger partial charge in [-0.15, -0.1) is 0 Å². The first-order chi connectivity index (χ1) is 9.63. The van der Waals surface area contributed by atoms with Crippen molar-refractivity contribution in [1.29, 1.82) is 0 Å². The van der Waals surface area contributed by atoms with E-state index in [1.54, 1.807) is 0 Å². The Morgan fingerprint density at radius 3 is 1.60 bits per heavy atom. The molecule has 112 valence electrons. The highest BCUT2D eigenvalue weighted by molar-refractivity contribution is 5.91. The second-order valence-corrected chi connectivity index (χ2v) is 4.84. The van der Waals surface area contributed by atoms with E-state index < -0.39 is 11.9 Å². The SMILES string of the molecule is CCC(OC(=O)/C=C\C(=O)OC(CC)C1CO1)C1CO1. The summed E-state index contributed by atoms with van der Waals surface area (Å²) in [5, 5.41) is 0. The average Bonchev–Trinajstić information content (AvgIpc) is 3.29. The monoisotopic (exact) mass is 284 g/mol. The van der Waals surface area contributed by atoms with Gasteiger partial charge >= 0.3 is 11.9 Å². The van der Waals surface area contributed by atoms with Gasteiger partial charge in [0, 0.05) is 12.2 Å². The van der Waals surface area contributed by atoms with Gasteiger partial charge in [-0.3, -0.25) is 0 Å². The quantitative estimate of drug-likeness (QED) is 0.376.